The van der Waals surface area contributed by atoms with Gasteiger partial charge in [-0.25, -0.2) is 0 Å². The maximum atomic E-state index is 13.8. The van der Waals surface area contributed by atoms with Crippen molar-refractivity contribution in [1.29, 1.82) is 0 Å². The second-order valence-electron chi connectivity index (χ2n) is 9.42. The Morgan fingerprint density at radius 3 is 2.03 bits per heavy atom. The predicted molar refractivity (Wildman–Crippen MR) is 133 cm³/mol. The van der Waals surface area contributed by atoms with Gasteiger partial charge >= 0.3 is 5.97 Å². The molecule has 5 heteroatoms. The van der Waals surface area contributed by atoms with Crippen molar-refractivity contribution in [1.82, 2.24) is 10.6 Å². The summed E-state index contributed by atoms with van der Waals surface area (Å²) in [5.74, 6) is -0.480. The Morgan fingerprint density at radius 1 is 0.909 bits per heavy atom. The Bertz CT molecular complexity index is 1080. The van der Waals surface area contributed by atoms with Crippen LogP contribution in [0.2, 0.25) is 0 Å². The second-order valence-corrected chi connectivity index (χ2v) is 9.42. The van der Waals surface area contributed by atoms with Crippen molar-refractivity contribution in [3.05, 3.63) is 60.2 Å². The molecule has 0 aromatic heterocycles. The van der Waals surface area contributed by atoms with E-state index < -0.39 is 12.1 Å². The molecule has 2 N–H and O–H groups in total. The van der Waals surface area contributed by atoms with Gasteiger partial charge in [0.2, 0.25) is 5.91 Å². The van der Waals surface area contributed by atoms with Gasteiger partial charge in [-0.05, 0) is 51.9 Å². The summed E-state index contributed by atoms with van der Waals surface area (Å²) in [4.78, 5) is 26.5. The van der Waals surface area contributed by atoms with E-state index in [0.717, 1.165) is 52.8 Å². The van der Waals surface area contributed by atoms with Gasteiger partial charge in [-0.3, -0.25) is 14.9 Å². The van der Waals surface area contributed by atoms with Crippen LogP contribution in [0.3, 0.4) is 0 Å². The van der Waals surface area contributed by atoms with Crippen LogP contribution < -0.4 is 10.6 Å². The Morgan fingerprint density at radius 2 is 1.48 bits per heavy atom. The van der Waals surface area contributed by atoms with Gasteiger partial charge in [-0.1, -0.05) is 81.6 Å². The second kappa shape index (κ2) is 10.3. The van der Waals surface area contributed by atoms with Crippen molar-refractivity contribution in [3.8, 4) is 0 Å². The van der Waals surface area contributed by atoms with Gasteiger partial charge in [0.1, 0.15) is 12.1 Å². The third kappa shape index (κ3) is 5.03. The molecule has 1 saturated carbocycles. The van der Waals surface area contributed by atoms with Crippen LogP contribution >= 0.6 is 0 Å². The molecule has 174 valence electrons. The minimum absolute atomic E-state index is 0.0383. The molecular formula is C28H34N2O3. The number of esters is 1. The third-order valence-electron chi connectivity index (χ3n) is 6.78. The van der Waals surface area contributed by atoms with Gasteiger partial charge in [-0.15, -0.1) is 0 Å². The van der Waals surface area contributed by atoms with Gasteiger partial charge < -0.3 is 10.1 Å². The summed E-state index contributed by atoms with van der Waals surface area (Å²) in [5.41, 5.74) is 0.909. The highest BCUT2D eigenvalue weighted by Crippen LogP contribution is 2.34. The Balaban J connectivity index is 1.85. The number of hydrogen-bond acceptors (Lipinski definition) is 4. The first-order valence-corrected chi connectivity index (χ1v) is 12.0. The van der Waals surface area contributed by atoms with E-state index in [2.05, 4.69) is 41.0 Å². The molecule has 2 atom stereocenters. The van der Waals surface area contributed by atoms with E-state index in [1.54, 1.807) is 0 Å². The third-order valence-corrected chi connectivity index (χ3v) is 6.78. The molecule has 3 aromatic rings. The van der Waals surface area contributed by atoms with Gasteiger partial charge in [0.15, 0.2) is 0 Å². The van der Waals surface area contributed by atoms with Crippen LogP contribution in [-0.2, 0) is 14.3 Å². The van der Waals surface area contributed by atoms with E-state index in [9.17, 15) is 9.59 Å². The van der Waals surface area contributed by atoms with Crippen LogP contribution in [-0.4, -0.2) is 31.1 Å². The number of carbonyl (C=O) groups excluding carboxylic acids is 2. The number of benzene rings is 3. The molecule has 0 aliphatic heterocycles. The minimum Gasteiger partial charge on any atom is -0.468 e. The number of amides is 1. The molecule has 3 aromatic carbocycles. The van der Waals surface area contributed by atoms with Gasteiger partial charge in [0.25, 0.3) is 0 Å². The highest BCUT2D eigenvalue weighted by molar-refractivity contribution is 6.06. The summed E-state index contributed by atoms with van der Waals surface area (Å²) in [5, 5.41) is 10.9. The predicted octanol–water partition coefficient (Wildman–Crippen LogP) is 5.27. The SMILES string of the molecule is COC(=O)[C@@H](N[C@@H](C(=O)NC1CCCCC1)c1c2ccccc2cc2ccccc12)C(C)C. The molecule has 1 aliphatic carbocycles. The average Bonchev–Trinajstić information content (AvgIpc) is 2.83. The van der Waals surface area contributed by atoms with Gasteiger partial charge in [0.05, 0.1) is 7.11 Å². The largest absolute Gasteiger partial charge is 0.468 e. The van der Waals surface area contributed by atoms with E-state index in [0.29, 0.717) is 0 Å². The molecule has 0 spiro atoms. The molecular weight excluding hydrogens is 412 g/mol. The Hall–Kier alpha value is -2.92. The lowest BCUT2D eigenvalue weighted by molar-refractivity contribution is -0.144. The highest BCUT2D eigenvalue weighted by atomic mass is 16.5. The number of hydrogen-bond donors (Lipinski definition) is 2. The normalized spacial score (nSPS) is 16.6. The first-order valence-electron chi connectivity index (χ1n) is 12.0. The lowest BCUT2D eigenvalue weighted by atomic mass is 9.89. The maximum Gasteiger partial charge on any atom is 0.323 e. The fraction of sp³-hybridized carbons (Fsp3) is 0.429. The molecule has 33 heavy (non-hydrogen) atoms. The van der Waals surface area contributed by atoms with Gasteiger partial charge in [-0.2, -0.15) is 0 Å². The fourth-order valence-corrected chi connectivity index (χ4v) is 5.02. The summed E-state index contributed by atoms with van der Waals surface area (Å²) < 4.78 is 5.08. The van der Waals surface area contributed by atoms with Crippen LogP contribution in [0.25, 0.3) is 21.5 Å². The quantitative estimate of drug-likeness (QED) is 0.383. The van der Waals surface area contributed by atoms with Crippen molar-refractivity contribution in [3.63, 3.8) is 0 Å². The lowest BCUT2D eigenvalue weighted by Crippen LogP contribution is -2.50. The zero-order chi connectivity index (χ0) is 23.4. The highest BCUT2D eigenvalue weighted by Gasteiger charge is 2.33. The van der Waals surface area contributed by atoms with E-state index in [1.165, 1.54) is 13.5 Å². The standard InChI is InChI=1S/C28H34N2O3/c1-18(2)25(28(32)33-3)30-26(27(31)29-21-13-5-4-6-14-21)24-22-15-9-7-11-19(22)17-20-12-8-10-16-23(20)24/h7-12,15-18,21,25-26,30H,4-6,13-14H2,1-3H3,(H,29,31)/t25-,26+/m0/s1. The van der Waals surface area contributed by atoms with E-state index >= 15 is 0 Å². The zero-order valence-corrected chi connectivity index (χ0v) is 19.8. The Labute approximate surface area is 195 Å². The van der Waals surface area contributed by atoms with Crippen molar-refractivity contribution in [2.75, 3.05) is 7.11 Å². The molecule has 0 radical (unpaired) electrons. The van der Waals surface area contributed by atoms with E-state index in [4.69, 9.17) is 4.74 Å². The number of carbonyl (C=O) groups is 2. The number of fused-ring (bicyclic) bond motifs is 2. The average molecular weight is 447 g/mol. The summed E-state index contributed by atoms with van der Waals surface area (Å²) in [6, 6.07) is 17.3. The van der Waals surface area contributed by atoms with Crippen LogP contribution in [0.5, 0.6) is 0 Å². The first kappa shape index (κ1) is 23.2. The monoisotopic (exact) mass is 446 g/mol. The molecule has 4 rings (SSSR count). The Kier molecular flexibility index (Phi) is 7.29. The van der Waals surface area contributed by atoms with E-state index in [1.807, 2.05) is 38.1 Å². The van der Waals surface area contributed by atoms with E-state index in [-0.39, 0.29) is 23.8 Å². The molecule has 0 unspecified atom stereocenters. The number of nitrogens with one attached hydrogen (secondary N) is 2. The van der Waals surface area contributed by atoms with Crippen molar-refractivity contribution in [2.45, 2.75) is 64.1 Å². The maximum absolute atomic E-state index is 13.8. The minimum atomic E-state index is -0.686. The van der Waals surface area contributed by atoms with Crippen molar-refractivity contribution in [2.24, 2.45) is 5.92 Å². The number of ether oxygens (including phenoxy) is 1. The molecule has 1 amide bonds. The number of methoxy groups -OCH3 is 1. The molecule has 1 fully saturated rings. The molecule has 0 heterocycles. The van der Waals surface area contributed by atoms with Crippen LogP contribution in [0.1, 0.15) is 57.6 Å². The first-order chi connectivity index (χ1) is 16.0. The molecule has 1 aliphatic rings. The lowest BCUT2D eigenvalue weighted by Gasteiger charge is -2.30. The number of rotatable bonds is 7. The molecule has 0 saturated heterocycles. The van der Waals surface area contributed by atoms with Crippen LogP contribution in [0.15, 0.2) is 54.6 Å². The molecule has 0 bridgehead atoms. The summed E-state index contributed by atoms with van der Waals surface area (Å²) in [6.45, 7) is 3.93. The smallest absolute Gasteiger partial charge is 0.323 e. The topological polar surface area (TPSA) is 67.4 Å². The van der Waals surface area contributed by atoms with Crippen molar-refractivity contribution < 1.29 is 14.3 Å². The van der Waals surface area contributed by atoms with Crippen LogP contribution in [0, 0.1) is 5.92 Å². The zero-order valence-electron chi connectivity index (χ0n) is 19.8. The summed E-state index contributed by atoms with van der Waals surface area (Å²) >= 11 is 0. The van der Waals surface area contributed by atoms with Gasteiger partial charge in [0, 0.05) is 6.04 Å². The van der Waals surface area contributed by atoms with Crippen LogP contribution in [0.4, 0.5) is 0 Å². The molecule has 5 nitrogen and oxygen atoms in total. The summed E-state index contributed by atoms with van der Waals surface area (Å²) in [7, 11) is 1.39. The summed E-state index contributed by atoms with van der Waals surface area (Å²) in [6.07, 6.45) is 5.49. The van der Waals surface area contributed by atoms with Crippen molar-refractivity contribution >= 4 is 33.4 Å². The fourth-order valence-electron chi connectivity index (χ4n) is 5.02.